The largest absolute Gasteiger partial charge is 0.367 e. The van der Waals surface area contributed by atoms with Crippen molar-refractivity contribution in [2.75, 3.05) is 38.1 Å². The minimum absolute atomic E-state index is 0.136. The van der Waals surface area contributed by atoms with Crippen LogP contribution in [0.15, 0.2) is 17.2 Å². The molecule has 3 saturated carbocycles. The second-order valence-corrected chi connectivity index (χ2v) is 13.6. The molecule has 0 atom stereocenters. The molecule has 208 valence electrons. The van der Waals surface area contributed by atoms with Crippen LogP contribution < -0.4 is 9.62 Å². The average molecular weight is 587 g/mol. The Labute approximate surface area is 243 Å². The molecule has 3 aliphatic carbocycles. The highest BCUT2D eigenvalue weighted by Gasteiger charge is 2.48. The molecule has 0 aromatic carbocycles. The first-order chi connectivity index (χ1) is 18.7. The van der Waals surface area contributed by atoms with Gasteiger partial charge in [-0.05, 0) is 70.5 Å². The van der Waals surface area contributed by atoms with Crippen molar-refractivity contribution >= 4 is 62.9 Å². The molecule has 3 heterocycles. The fraction of sp³-hybridized carbons (Fsp3) is 0.593. The number of piperazine rings is 1. The number of thioether (sulfide) groups is 1. The van der Waals surface area contributed by atoms with Crippen molar-refractivity contribution in [3.05, 3.63) is 23.2 Å². The average Bonchev–Trinajstić information content (AvgIpc) is 3.81. The van der Waals surface area contributed by atoms with Gasteiger partial charge in [0.05, 0.1) is 16.8 Å². The van der Waals surface area contributed by atoms with Gasteiger partial charge in [-0.2, -0.15) is 5.26 Å². The first kappa shape index (κ1) is 28.4. The van der Waals surface area contributed by atoms with E-state index in [4.69, 9.17) is 22.4 Å². The molecule has 0 amide bonds. The van der Waals surface area contributed by atoms with E-state index in [1.165, 1.54) is 19.3 Å². The molecular formula is C27H35ClN8OS2. The number of aldehydes is 1. The van der Waals surface area contributed by atoms with Crippen LogP contribution in [0.1, 0.15) is 57.7 Å². The molecule has 3 N–H and O–H groups in total. The number of imidazole rings is 1. The highest BCUT2D eigenvalue weighted by molar-refractivity contribution is 8.26. The van der Waals surface area contributed by atoms with Gasteiger partial charge in [-0.15, -0.1) is 0 Å². The Kier molecular flexibility index (Phi) is 8.32. The molecule has 6 rings (SSSR count). The molecule has 0 radical (unpaired) electrons. The number of fused-ring (bicyclic) bond motifs is 1. The number of carbonyl (C=O) groups is 1. The van der Waals surface area contributed by atoms with Crippen LogP contribution in [0.3, 0.4) is 0 Å². The number of nitrogens with zero attached hydrogens (tertiary/aromatic N) is 5. The van der Waals surface area contributed by atoms with Crippen LogP contribution in [0, 0.1) is 33.5 Å². The van der Waals surface area contributed by atoms with Crippen LogP contribution in [0.4, 0.5) is 5.69 Å². The van der Waals surface area contributed by atoms with E-state index in [0.29, 0.717) is 29.7 Å². The molecule has 1 aliphatic heterocycles. The lowest BCUT2D eigenvalue weighted by Gasteiger charge is -2.34. The van der Waals surface area contributed by atoms with Crippen LogP contribution in [-0.2, 0) is 4.79 Å². The Bertz CT molecular complexity index is 1320. The number of aromatic nitrogens is 2. The Morgan fingerprint density at radius 3 is 2.44 bits per heavy atom. The molecule has 0 unspecified atom stereocenters. The molecular weight excluding hydrogens is 552 g/mol. The zero-order valence-corrected chi connectivity index (χ0v) is 24.8. The number of rotatable bonds is 7. The number of pyridine rings is 1. The van der Waals surface area contributed by atoms with Gasteiger partial charge < -0.3 is 14.6 Å². The van der Waals surface area contributed by atoms with Gasteiger partial charge in [-0.1, -0.05) is 29.8 Å². The standard InChI is InChI=1S/C22H27ClN8S2.C5H8O/c1-21(3-4-21)28-33-14-11-15(30-9-7-29(2)8-10-30)16-17(23)27-19(31(16)12-14)18(25)32-20(26)22(13-24)5-6-22;6-4-5-2-1-3-5/h11-12,25-26,28H,3-10H2,1-2H3;4-5H,1-3H2. The zero-order valence-electron chi connectivity index (χ0n) is 22.4. The lowest BCUT2D eigenvalue weighted by molar-refractivity contribution is -0.113. The highest BCUT2D eigenvalue weighted by atomic mass is 35.5. The molecule has 4 fully saturated rings. The van der Waals surface area contributed by atoms with Gasteiger partial charge in [-0.25, -0.2) is 4.98 Å². The van der Waals surface area contributed by atoms with Crippen LogP contribution >= 0.6 is 35.3 Å². The Balaban J connectivity index is 0.000000455. The summed E-state index contributed by atoms with van der Waals surface area (Å²) in [5.41, 5.74) is 1.26. The molecule has 0 bridgehead atoms. The SMILES string of the molecule is CN1CCN(c2cc(SNC3(C)CC3)cn3c(C(=N)SC(=N)C4(C#N)CC4)nc(Cl)c23)CC1.O=CC1CCC1. The number of nitriles is 1. The number of hydrogen-bond donors (Lipinski definition) is 3. The van der Waals surface area contributed by atoms with Crippen molar-refractivity contribution in [3.63, 3.8) is 0 Å². The molecule has 2 aromatic rings. The molecule has 2 aromatic heterocycles. The second kappa shape index (κ2) is 11.4. The molecule has 4 aliphatic rings. The van der Waals surface area contributed by atoms with Gasteiger partial charge in [-0.3, -0.25) is 19.9 Å². The first-order valence-electron chi connectivity index (χ1n) is 13.5. The Hall–Kier alpha value is -2.10. The van der Waals surface area contributed by atoms with Crippen LogP contribution in [-0.4, -0.2) is 69.4 Å². The van der Waals surface area contributed by atoms with E-state index in [-0.39, 0.29) is 15.6 Å². The molecule has 12 heteroatoms. The summed E-state index contributed by atoms with van der Waals surface area (Å²) in [5, 5.41) is 27.2. The van der Waals surface area contributed by atoms with Crippen LogP contribution in [0.2, 0.25) is 5.15 Å². The van der Waals surface area contributed by atoms with E-state index >= 15 is 0 Å². The Morgan fingerprint density at radius 1 is 1.23 bits per heavy atom. The van der Waals surface area contributed by atoms with Crippen molar-refractivity contribution in [1.82, 2.24) is 19.0 Å². The summed E-state index contributed by atoms with van der Waals surface area (Å²) in [6.07, 6.45) is 10.3. The maximum Gasteiger partial charge on any atom is 0.171 e. The van der Waals surface area contributed by atoms with Gasteiger partial charge in [0.25, 0.3) is 0 Å². The third-order valence-electron chi connectivity index (χ3n) is 8.05. The number of hydrogen-bond acceptors (Lipinski definition) is 10. The van der Waals surface area contributed by atoms with E-state index in [1.807, 2.05) is 10.6 Å². The number of carbonyl (C=O) groups excluding carboxylic acids is 1. The lowest BCUT2D eigenvalue weighted by Crippen LogP contribution is -2.44. The fourth-order valence-corrected chi connectivity index (χ4v) is 6.49. The maximum atomic E-state index is 9.79. The topological polar surface area (TPSA) is 124 Å². The predicted octanol–water partition coefficient (Wildman–Crippen LogP) is 5.21. The summed E-state index contributed by atoms with van der Waals surface area (Å²) < 4.78 is 5.46. The van der Waals surface area contributed by atoms with E-state index in [0.717, 1.165) is 73.2 Å². The lowest BCUT2D eigenvalue weighted by atomic mass is 9.87. The minimum atomic E-state index is -0.719. The van der Waals surface area contributed by atoms with Crippen molar-refractivity contribution in [1.29, 1.82) is 16.1 Å². The summed E-state index contributed by atoms with van der Waals surface area (Å²) >= 11 is 9.26. The second-order valence-electron chi connectivity index (χ2n) is 11.3. The van der Waals surface area contributed by atoms with Crippen molar-refractivity contribution < 1.29 is 4.79 Å². The smallest absolute Gasteiger partial charge is 0.171 e. The molecule has 1 saturated heterocycles. The van der Waals surface area contributed by atoms with Gasteiger partial charge in [0.1, 0.15) is 22.3 Å². The summed E-state index contributed by atoms with van der Waals surface area (Å²) in [7, 11) is 2.13. The Morgan fingerprint density at radius 2 is 1.92 bits per heavy atom. The van der Waals surface area contributed by atoms with Gasteiger partial charge in [0.15, 0.2) is 11.0 Å². The van der Waals surface area contributed by atoms with Gasteiger partial charge in [0.2, 0.25) is 0 Å². The maximum absolute atomic E-state index is 9.79. The van der Waals surface area contributed by atoms with Crippen molar-refractivity contribution in [2.45, 2.75) is 62.3 Å². The van der Waals surface area contributed by atoms with E-state index in [1.54, 1.807) is 11.9 Å². The zero-order chi connectivity index (χ0) is 27.8. The van der Waals surface area contributed by atoms with Crippen LogP contribution in [0.5, 0.6) is 0 Å². The third kappa shape index (κ3) is 6.30. The van der Waals surface area contributed by atoms with Crippen molar-refractivity contribution in [2.24, 2.45) is 11.3 Å². The molecule has 9 nitrogen and oxygen atoms in total. The van der Waals surface area contributed by atoms with Crippen molar-refractivity contribution in [3.8, 4) is 6.07 Å². The van der Waals surface area contributed by atoms with E-state index in [2.05, 4.69) is 45.6 Å². The van der Waals surface area contributed by atoms with Gasteiger partial charge in [0, 0.05) is 48.7 Å². The number of halogens is 1. The van der Waals surface area contributed by atoms with E-state index < -0.39 is 5.41 Å². The van der Waals surface area contributed by atoms with Crippen LogP contribution in [0.25, 0.3) is 5.52 Å². The predicted molar refractivity (Wildman–Crippen MR) is 159 cm³/mol. The summed E-state index contributed by atoms with van der Waals surface area (Å²) in [6.45, 7) is 5.95. The summed E-state index contributed by atoms with van der Waals surface area (Å²) in [5.74, 6) is 0.846. The highest BCUT2D eigenvalue weighted by Crippen LogP contribution is 2.49. The summed E-state index contributed by atoms with van der Waals surface area (Å²) in [6, 6.07) is 4.40. The van der Waals surface area contributed by atoms with Gasteiger partial charge >= 0.3 is 0 Å². The number of anilines is 1. The van der Waals surface area contributed by atoms with E-state index in [9.17, 15) is 10.1 Å². The quantitative estimate of drug-likeness (QED) is 0.175. The summed E-state index contributed by atoms with van der Waals surface area (Å²) in [4.78, 5) is 20.0. The molecule has 0 spiro atoms. The first-order valence-corrected chi connectivity index (χ1v) is 15.5. The minimum Gasteiger partial charge on any atom is -0.367 e. The molecule has 39 heavy (non-hydrogen) atoms. The fourth-order valence-electron chi connectivity index (χ4n) is 4.44. The normalized spacial score (nSPS) is 21.3. The third-order valence-corrected chi connectivity index (χ3v) is 10.4. The monoisotopic (exact) mass is 586 g/mol. The number of likely N-dealkylation sites (N-methyl/N-ethyl adjacent to an activating group) is 1. The number of nitrogens with one attached hydrogen (secondary N) is 3.